The van der Waals surface area contributed by atoms with Crippen LogP contribution in [-0.4, -0.2) is 38.5 Å². The largest absolute Gasteiger partial charge is 0.356 e. The second-order valence-electron chi connectivity index (χ2n) is 8.10. The fourth-order valence-electron chi connectivity index (χ4n) is 3.13. The summed E-state index contributed by atoms with van der Waals surface area (Å²) in [5, 5.41) is 10.5. The van der Waals surface area contributed by atoms with Crippen molar-refractivity contribution in [3.8, 4) is 0 Å². The summed E-state index contributed by atoms with van der Waals surface area (Å²) in [6.07, 6.45) is 5.10. The van der Waals surface area contributed by atoms with Crippen molar-refractivity contribution in [3.05, 3.63) is 34.9 Å². The first-order valence-corrected chi connectivity index (χ1v) is 10.2. The quantitative estimate of drug-likeness (QED) is 0.343. The lowest BCUT2D eigenvalue weighted by Gasteiger charge is -2.26. The molecule has 0 aliphatic heterocycles. The van der Waals surface area contributed by atoms with Crippen molar-refractivity contribution in [1.29, 1.82) is 0 Å². The molecule has 1 fully saturated rings. The van der Waals surface area contributed by atoms with Crippen molar-refractivity contribution >= 4 is 23.5 Å². The fourth-order valence-corrected chi connectivity index (χ4v) is 3.34. The molecule has 2 rings (SSSR count). The minimum atomic E-state index is 0.0685. The van der Waals surface area contributed by atoms with Gasteiger partial charge in [0.1, 0.15) is 0 Å². The summed E-state index contributed by atoms with van der Waals surface area (Å²) in [6.45, 7) is 6.74. The predicted molar refractivity (Wildman–Crippen MR) is 113 cm³/mol. The summed E-state index contributed by atoms with van der Waals surface area (Å²) in [7, 11) is 1.78. The molecule has 5 nitrogen and oxygen atoms in total. The van der Waals surface area contributed by atoms with E-state index >= 15 is 0 Å². The molecule has 0 aromatic heterocycles. The zero-order valence-electron chi connectivity index (χ0n) is 16.8. The van der Waals surface area contributed by atoms with E-state index in [1.165, 1.54) is 12.0 Å². The Morgan fingerprint density at radius 3 is 2.59 bits per heavy atom. The van der Waals surface area contributed by atoms with E-state index in [4.69, 9.17) is 11.6 Å². The highest BCUT2D eigenvalue weighted by atomic mass is 35.5. The maximum absolute atomic E-state index is 11.8. The van der Waals surface area contributed by atoms with E-state index in [1.807, 2.05) is 18.2 Å². The van der Waals surface area contributed by atoms with E-state index in [0.29, 0.717) is 6.54 Å². The van der Waals surface area contributed by atoms with Crippen LogP contribution in [0.25, 0.3) is 0 Å². The number of benzene rings is 1. The molecule has 0 atom stereocenters. The third-order valence-electron chi connectivity index (χ3n) is 4.95. The third-order valence-corrected chi connectivity index (χ3v) is 5.19. The molecule has 150 valence electrons. The van der Waals surface area contributed by atoms with Crippen molar-refractivity contribution in [3.63, 3.8) is 0 Å². The molecule has 1 aliphatic carbocycles. The lowest BCUT2D eigenvalue weighted by atomic mass is 9.85. The van der Waals surface area contributed by atoms with E-state index in [0.717, 1.165) is 49.8 Å². The molecule has 1 saturated carbocycles. The van der Waals surface area contributed by atoms with E-state index in [2.05, 4.69) is 40.9 Å². The SMILES string of the molecule is CN=C(NCCCNC(=O)C1CCC1)NCC(C)(C)Cc1cccc(Cl)c1. The number of carbonyl (C=O) groups is 1. The number of amides is 1. The summed E-state index contributed by atoms with van der Waals surface area (Å²) in [6, 6.07) is 8.02. The van der Waals surface area contributed by atoms with Gasteiger partial charge in [-0.25, -0.2) is 0 Å². The Hall–Kier alpha value is -1.75. The average Bonchev–Trinajstić information content (AvgIpc) is 2.55. The van der Waals surface area contributed by atoms with Crippen molar-refractivity contribution in [2.75, 3.05) is 26.7 Å². The van der Waals surface area contributed by atoms with Gasteiger partial charge >= 0.3 is 0 Å². The Bertz CT molecular complexity index is 641. The Labute approximate surface area is 168 Å². The molecular weight excluding hydrogens is 360 g/mol. The maximum atomic E-state index is 11.8. The van der Waals surface area contributed by atoms with Gasteiger partial charge in [-0.1, -0.05) is 44.0 Å². The van der Waals surface area contributed by atoms with Crippen LogP contribution < -0.4 is 16.0 Å². The number of nitrogens with one attached hydrogen (secondary N) is 3. The van der Waals surface area contributed by atoms with Crippen LogP contribution in [0.3, 0.4) is 0 Å². The van der Waals surface area contributed by atoms with Gasteiger partial charge in [-0.2, -0.15) is 0 Å². The molecule has 0 heterocycles. The fraction of sp³-hybridized carbons (Fsp3) is 0.619. The molecule has 0 radical (unpaired) electrons. The van der Waals surface area contributed by atoms with E-state index in [-0.39, 0.29) is 17.2 Å². The molecule has 0 bridgehead atoms. The molecule has 1 aromatic carbocycles. The molecule has 0 saturated heterocycles. The van der Waals surface area contributed by atoms with Crippen molar-refractivity contribution < 1.29 is 4.79 Å². The van der Waals surface area contributed by atoms with Gasteiger partial charge < -0.3 is 16.0 Å². The Morgan fingerprint density at radius 1 is 1.22 bits per heavy atom. The number of carbonyl (C=O) groups excluding carboxylic acids is 1. The maximum Gasteiger partial charge on any atom is 0.223 e. The Balaban J connectivity index is 1.64. The van der Waals surface area contributed by atoms with Crippen LogP contribution in [0.1, 0.15) is 45.1 Å². The van der Waals surface area contributed by atoms with Gasteiger partial charge in [0.15, 0.2) is 5.96 Å². The van der Waals surface area contributed by atoms with E-state index < -0.39 is 0 Å². The van der Waals surface area contributed by atoms with Crippen LogP contribution in [0.15, 0.2) is 29.3 Å². The van der Waals surface area contributed by atoms with Gasteiger partial charge in [-0.15, -0.1) is 0 Å². The summed E-state index contributed by atoms with van der Waals surface area (Å²) in [5.41, 5.74) is 1.30. The van der Waals surface area contributed by atoms with Gasteiger partial charge in [-0.3, -0.25) is 9.79 Å². The molecule has 27 heavy (non-hydrogen) atoms. The number of rotatable bonds is 9. The highest BCUT2D eigenvalue weighted by molar-refractivity contribution is 6.30. The van der Waals surface area contributed by atoms with E-state index in [1.54, 1.807) is 7.05 Å². The number of hydrogen-bond donors (Lipinski definition) is 3. The van der Waals surface area contributed by atoms with Gasteiger partial charge in [0.2, 0.25) is 5.91 Å². The normalized spacial score (nSPS) is 15.2. The molecule has 3 N–H and O–H groups in total. The van der Waals surface area contributed by atoms with Gasteiger partial charge in [0.25, 0.3) is 0 Å². The first-order chi connectivity index (χ1) is 12.9. The lowest BCUT2D eigenvalue weighted by molar-refractivity contribution is -0.127. The van der Waals surface area contributed by atoms with Gasteiger partial charge in [0.05, 0.1) is 0 Å². The highest BCUT2D eigenvalue weighted by Gasteiger charge is 2.24. The average molecular weight is 393 g/mol. The minimum absolute atomic E-state index is 0.0685. The van der Waals surface area contributed by atoms with Crippen molar-refractivity contribution in [2.45, 2.75) is 46.0 Å². The molecule has 6 heteroatoms. The number of aliphatic imine (C=N–C) groups is 1. The number of halogens is 1. The number of guanidine groups is 1. The van der Waals surface area contributed by atoms with E-state index in [9.17, 15) is 4.79 Å². The van der Waals surface area contributed by atoms with Crippen LogP contribution in [0.2, 0.25) is 5.02 Å². The number of hydrogen-bond acceptors (Lipinski definition) is 2. The van der Waals surface area contributed by atoms with Crippen LogP contribution in [0.5, 0.6) is 0 Å². The minimum Gasteiger partial charge on any atom is -0.356 e. The first kappa shape index (κ1) is 21.5. The smallest absolute Gasteiger partial charge is 0.223 e. The number of nitrogens with zero attached hydrogens (tertiary/aromatic N) is 1. The van der Waals surface area contributed by atoms with Crippen molar-refractivity contribution in [1.82, 2.24) is 16.0 Å². The summed E-state index contributed by atoms with van der Waals surface area (Å²) in [4.78, 5) is 16.1. The Kier molecular flexibility index (Phi) is 8.42. The summed E-state index contributed by atoms with van der Waals surface area (Å²) < 4.78 is 0. The Morgan fingerprint density at radius 2 is 1.96 bits per heavy atom. The second-order valence-corrected chi connectivity index (χ2v) is 8.53. The standard InChI is InChI=1S/C21H33ClN4O/c1-21(2,14-16-7-4-10-18(22)13-16)15-26-20(23-3)25-12-6-11-24-19(27)17-8-5-9-17/h4,7,10,13,17H,5-6,8-9,11-12,14-15H2,1-3H3,(H,24,27)(H2,23,25,26). The molecule has 0 unspecified atom stereocenters. The van der Waals surface area contributed by atoms with Gasteiger partial charge in [-0.05, 0) is 48.8 Å². The lowest BCUT2D eigenvalue weighted by Crippen LogP contribution is -2.43. The third kappa shape index (κ3) is 7.79. The van der Waals surface area contributed by atoms with Crippen molar-refractivity contribution in [2.24, 2.45) is 16.3 Å². The summed E-state index contributed by atoms with van der Waals surface area (Å²) >= 11 is 6.08. The molecular formula is C21H33ClN4O. The molecule has 1 amide bonds. The van der Waals surface area contributed by atoms with Gasteiger partial charge in [0, 0.05) is 37.6 Å². The molecule has 1 aromatic rings. The second kappa shape index (κ2) is 10.5. The van der Waals surface area contributed by atoms with Crippen LogP contribution in [0.4, 0.5) is 0 Å². The molecule has 0 spiro atoms. The zero-order chi connectivity index (χ0) is 19.7. The summed E-state index contributed by atoms with van der Waals surface area (Å²) in [5.74, 6) is 1.26. The zero-order valence-corrected chi connectivity index (χ0v) is 17.5. The molecule has 1 aliphatic rings. The predicted octanol–water partition coefficient (Wildman–Crippen LogP) is 3.38. The monoisotopic (exact) mass is 392 g/mol. The highest BCUT2D eigenvalue weighted by Crippen LogP contribution is 2.26. The topological polar surface area (TPSA) is 65.5 Å². The van der Waals surface area contributed by atoms with Crippen LogP contribution in [-0.2, 0) is 11.2 Å². The van der Waals surface area contributed by atoms with Crippen LogP contribution >= 0.6 is 11.6 Å². The first-order valence-electron chi connectivity index (χ1n) is 9.86. The van der Waals surface area contributed by atoms with Crippen LogP contribution in [0, 0.1) is 11.3 Å².